The second-order valence-electron chi connectivity index (χ2n) is 6.92. The summed E-state index contributed by atoms with van der Waals surface area (Å²) in [6.45, 7) is 6.58. The quantitative estimate of drug-likeness (QED) is 0.645. The Labute approximate surface area is 145 Å². The molecule has 0 aromatic heterocycles. The van der Waals surface area contributed by atoms with Crippen molar-refractivity contribution in [3.05, 3.63) is 29.8 Å². The lowest BCUT2D eigenvalue weighted by atomic mass is 9.90. The highest BCUT2D eigenvalue weighted by Crippen LogP contribution is 2.16. The van der Waals surface area contributed by atoms with E-state index in [2.05, 4.69) is 19.2 Å². The predicted molar refractivity (Wildman–Crippen MR) is 96.2 cm³/mol. The molecule has 0 saturated carbocycles. The number of ether oxygens (including phenoxy) is 1. The monoisotopic (exact) mass is 334 g/mol. The van der Waals surface area contributed by atoms with E-state index in [1.165, 1.54) is 0 Å². The van der Waals surface area contributed by atoms with E-state index in [-0.39, 0.29) is 17.2 Å². The molecule has 0 aliphatic rings. The lowest BCUT2D eigenvalue weighted by molar-refractivity contribution is -0.123. The van der Waals surface area contributed by atoms with E-state index < -0.39 is 0 Å². The van der Waals surface area contributed by atoms with E-state index >= 15 is 0 Å². The molecule has 1 unspecified atom stereocenters. The minimum atomic E-state index is -0.384. The van der Waals surface area contributed by atoms with Crippen LogP contribution in [0.25, 0.3) is 0 Å². The SMILES string of the molecule is COc1ccc(C(=O)CCCC(=O)NC(C)(CN)CC(C)C)cc1. The number of amides is 1. The maximum absolute atomic E-state index is 12.1. The van der Waals surface area contributed by atoms with Crippen molar-refractivity contribution in [1.29, 1.82) is 0 Å². The van der Waals surface area contributed by atoms with E-state index in [4.69, 9.17) is 10.5 Å². The Kier molecular flexibility index (Phi) is 7.92. The Bertz CT molecular complexity index is 540. The third kappa shape index (κ3) is 6.71. The van der Waals surface area contributed by atoms with Gasteiger partial charge in [0, 0.05) is 30.5 Å². The maximum atomic E-state index is 12.1. The van der Waals surface area contributed by atoms with Gasteiger partial charge in [0.2, 0.25) is 5.91 Å². The number of methoxy groups -OCH3 is 1. The summed E-state index contributed by atoms with van der Waals surface area (Å²) in [5.41, 5.74) is 6.06. The molecule has 0 heterocycles. The first-order valence-corrected chi connectivity index (χ1v) is 8.48. The molecule has 0 bridgehead atoms. The fraction of sp³-hybridized carbons (Fsp3) is 0.579. The van der Waals surface area contributed by atoms with Gasteiger partial charge in [-0.3, -0.25) is 9.59 Å². The van der Waals surface area contributed by atoms with Gasteiger partial charge in [0.05, 0.1) is 7.11 Å². The van der Waals surface area contributed by atoms with Gasteiger partial charge in [0.25, 0.3) is 0 Å². The molecule has 1 atom stereocenters. The van der Waals surface area contributed by atoms with Gasteiger partial charge in [-0.2, -0.15) is 0 Å². The van der Waals surface area contributed by atoms with Gasteiger partial charge in [-0.25, -0.2) is 0 Å². The van der Waals surface area contributed by atoms with Crippen LogP contribution in [0.2, 0.25) is 0 Å². The average molecular weight is 334 g/mol. The van der Waals surface area contributed by atoms with Crippen LogP contribution in [0.4, 0.5) is 0 Å². The van der Waals surface area contributed by atoms with Crippen LogP contribution < -0.4 is 15.8 Å². The third-order valence-electron chi connectivity index (χ3n) is 3.97. The molecule has 0 fully saturated rings. The minimum Gasteiger partial charge on any atom is -0.497 e. The van der Waals surface area contributed by atoms with Crippen LogP contribution >= 0.6 is 0 Å². The van der Waals surface area contributed by atoms with Gasteiger partial charge in [0.1, 0.15) is 5.75 Å². The zero-order valence-corrected chi connectivity index (χ0v) is 15.2. The number of carbonyl (C=O) groups is 2. The second-order valence-corrected chi connectivity index (χ2v) is 6.92. The Morgan fingerprint density at radius 3 is 2.33 bits per heavy atom. The van der Waals surface area contributed by atoms with Gasteiger partial charge < -0.3 is 15.8 Å². The van der Waals surface area contributed by atoms with Crippen molar-refractivity contribution in [3.8, 4) is 5.75 Å². The van der Waals surface area contributed by atoms with E-state index in [0.717, 1.165) is 12.2 Å². The topological polar surface area (TPSA) is 81.4 Å². The first-order valence-electron chi connectivity index (χ1n) is 8.48. The van der Waals surface area contributed by atoms with E-state index in [9.17, 15) is 9.59 Å². The van der Waals surface area contributed by atoms with Crippen molar-refractivity contribution in [2.75, 3.05) is 13.7 Å². The maximum Gasteiger partial charge on any atom is 0.220 e. The molecule has 1 aromatic rings. The van der Waals surface area contributed by atoms with Gasteiger partial charge in [-0.15, -0.1) is 0 Å². The van der Waals surface area contributed by atoms with Crippen molar-refractivity contribution in [2.24, 2.45) is 11.7 Å². The molecule has 0 saturated heterocycles. The van der Waals surface area contributed by atoms with Crippen LogP contribution in [0.15, 0.2) is 24.3 Å². The molecule has 24 heavy (non-hydrogen) atoms. The standard InChI is InChI=1S/C19H30N2O3/c1-14(2)12-19(3,13-20)21-18(23)7-5-6-17(22)15-8-10-16(24-4)11-9-15/h8-11,14H,5-7,12-13,20H2,1-4H3,(H,21,23). The molecule has 1 rings (SSSR count). The highest BCUT2D eigenvalue weighted by molar-refractivity contribution is 5.96. The predicted octanol–water partition coefficient (Wildman–Crippen LogP) is 2.93. The summed E-state index contributed by atoms with van der Waals surface area (Å²) in [5.74, 6) is 1.16. The normalized spacial score (nSPS) is 13.4. The van der Waals surface area contributed by atoms with Gasteiger partial charge in [0.15, 0.2) is 5.78 Å². The lowest BCUT2D eigenvalue weighted by Gasteiger charge is -2.31. The largest absolute Gasteiger partial charge is 0.497 e. The lowest BCUT2D eigenvalue weighted by Crippen LogP contribution is -2.52. The molecular formula is C19H30N2O3. The fourth-order valence-electron chi connectivity index (χ4n) is 2.82. The average Bonchev–Trinajstić information content (AvgIpc) is 2.54. The van der Waals surface area contributed by atoms with Crippen LogP contribution in [0, 0.1) is 5.92 Å². The molecule has 5 heteroatoms. The molecule has 1 amide bonds. The molecule has 3 N–H and O–H groups in total. The molecule has 0 spiro atoms. The molecule has 5 nitrogen and oxygen atoms in total. The number of benzene rings is 1. The number of hydrogen-bond acceptors (Lipinski definition) is 4. The summed E-state index contributed by atoms with van der Waals surface area (Å²) in [4.78, 5) is 24.2. The van der Waals surface area contributed by atoms with Gasteiger partial charge in [-0.05, 0) is 49.9 Å². The van der Waals surface area contributed by atoms with Crippen molar-refractivity contribution in [2.45, 2.75) is 52.0 Å². The molecule has 0 aliphatic heterocycles. The second kappa shape index (κ2) is 9.42. The van der Waals surface area contributed by atoms with E-state index in [1.54, 1.807) is 31.4 Å². The van der Waals surface area contributed by atoms with Crippen molar-refractivity contribution in [3.63, 3.8) is 0 Å². The van der Waals surface area contributed by atoms with Crippen LogP contribution in [-0.4, -0.2) is 30.9 Å². The Balaban J connectivity index is 2.42. The van der Waals surface area contributed by atoms with E-state index in [0.29, 0.717) is 37.3 Å². The number of nitrogens with one attached hydrogen (secondary N) is 1. The number of rotatable bonds is 10. The summed E-state index contributed by atoms with van der Waals surface area (Å²) >= 11 is 0. The highest BCUT2D eigenvalue weighted by Gasteiger charge is 2.25. The Morgan fingerprint density at radius 2 is 1.83 bits per heavy atom. The molecule has 134 valence electrons. The summed E-state index contributed by atoms with van der Waals surface area (Å²) in [7, 11) is 1.59. The van der Waals surface area contributed by atoms with Crippen LogP contribution in [-0.2, 0) is 4.79 Å². The van der Waals surface area contributed by atoms with Crippen LogP contribution in [0.5, 0.6) is 5.75 Å². The van der Waals surface area contributed by atoms with Crippen LogP contribution in [0.3, 0.4) is 0 Å². The summed E-state index contributed by atoms with van der Waals surface area (Å²) < 4.78 is 5.07. The first-order chi connectivity index (χ1) is 11.3. The summed E-state index contributed by atoms with van der Waals surface area (Å²) in [6, 6.07) is 7.02. The van der Waals surface area contributed by atoms with Crippen molar-refractivity contribution >= 4 is 11.7 Å². The van der Waals surface area contributed by atoms with Crippen molar-refractivity contribution in [1.82, 2.24) is 5.32 Å². The third-order valence-corrected chi connectivity index (χ3v) is 3.97. The molecular weight excluding hydrogens is 304 g/mol. The Morgan fingerprint density at radius 1 is 1.21 bits per heavy atom. The fourth-order valence-corrected chi connectivity index (χ4v) is 2.82. The molecule has 0 aliphatic carbocycles. The zero-order chi connectivity index (χ0) is 18.2. The van der Waals surface area contributed by atoms with Gasteiger partial charge in [-0.1, -0.05) is 13.8 Å². The highest BCUT2D eigenvalue weighted by atomic mass is 16.5. The number of ketones is 1. The van der Waals surface area contributed by atoms with Gasteiger partial charge >= 0.3 is 0 Å². The van der Waals surface area contributed by atoms with Crippen molar-refractivity contribution < 1.29 is 14.3 Å². The smallest absolute Gasteiger partial charge is 0.220 e. The summed E-state index contributed by atoms with van der Waals surface area (Å²) in [6.07, 6.45) is 2.04. The number of nitrogens with two attached hydrogens (primary N) is 1. The number of carbonyl (C=O) groups excluding carboxylic acids is 2. The number of Topliss-reactive ketones (excluding diaryl/α,β-unsaturated/α-hetero) is 1. The minimum absolute atomic E-state index is 0.0363. The zero-order valence-electron chi connectivity index (χ0n) is 15.2. The first kappa shape index (κ1) is 20.2. The Hall–Kier alpha value is -1.88. The number of hydrogen-bond donors (Lipinski definition) is 2. The molecule has 0 radical (unpaired) electrons. The van der Waals surface area contributed by atoms with E-state index in [1.807, 2.05) is 6.92 Å². The molecule has 1 aromatic carbocycles. The van der Waals surface area contributed by atoms with Crippen LogP contribution in [0.1, 0.15) is 56.8 Å². The summed E-state index contributed by atoms with van der Waals surface area (Å²) in [5, 5.41) is 3.01.